The van der Waals surface area contributed by atoms with Crippen LogP contribution in [0.2, 0.25) is 0 Å². The summed E-state index contributed by atoms with van der Waals surface area (Å²) in [7, 11) is 0. The molecule has 0 radical (unpaired) electrons. The number of Topliss-reactive ketones (excluding diaryl/α,β-unsaturated/α-hetero) is 1. The number of hydrogen-bond donors (Lipinski definition) is 0. The fourth-order valence-corrected chi connectivity index (χ4v) is 8.78. The first-order valence-electron chi connectivity index (χ1n) is 18.8. The van der Waals surface area contributed by atoms with Gasteiger partial charge in [0.2, 0.25) is 0 Å². The van der Waals surface area contributed by atoms with Gasteiger partial charge < -0.3 is 0 Å². The van der Waals surface area contributed by atoms with Crippen LogP contribution >= 0.6 is 0 Å². The molecule has 1 aromatic rings. The third-order valence-corrected chi connectivity index (χ3v) is 11.7. The van der Waals surface area contributed by atoms with Crippen LogP contribution in [-0.2, 0) is 11.3 Å². The summed E-state index contributed by atoms with van der Waals surface area (Å²) < 4.78 is 1.69. The largest absolute Gasteiger partial charge is 0.297 e. The van der Waals surface area contributed by atoms with Gasteiger partial charge in [0, 0.05) is 17.5 Å². The molecule has 4 nitrogen and oxygen atoms in total. The summed E-state index contributed by atoms with van der Waals surface area (Å²) >= 11 is 0. The summed E-state index contributed by atoms with van der Waals surface area (Å²) in [6.07, 6.45) is 39.1. The maximum atomic E-state index is 11.9. The lowest BCUT2D eigenvalue weighted by atomic mass is 9.73. The van der Waals surface area contributed by atoms with Gasteiger partial charge in [0.25, 0.3) is 0 Å². The van der Waals surface area contributed by atoms with Gasteiger partial charge in [0.15, 0.2) is 5.78 Å². The van der Waals surface area contributed by atoms with E-state index in [9.17, 15) is 4.79 Å². The first kappa shape index (κ1) is 33.7. The smallest absolute Gasteiger partial charge is 0.159 e. The van der Waals surface area contributed by atoms with E-state index in [1.165, 1.54) is 109 Å². The second kappa shape index (κ2) is 17.9. The minimum Gasteiger partial charge on any atom is -0.297 e. The summed E-state index contributed by atoms with van der Waals surface area (Å²) in [6.45, 7) is 6.15. The Labute approximate surface area is 260 Å². The molecule has 4 heteroatoms. The molecule has 0 bridgehead atoms. The fourth-order valence-electron chi connectivity index (χ4n) is 8.78. The van der Waals surface area contributed by atoms with Gasteiger partial charge in [-0.15, -0.1) is 5.10 Å². The molecule has 0 saturated heterocycles. The zero-order valence-electron chi connectivity index (χ0n) is 28.1. The minimum atomic E-state index is -0.309. The highest BCUT2D eigenvalue weighted by Gasteiger charge is 2.26. The number of hydrogen-bond acceptors (Lipinski definition) is 3. The van der Waals surface area contributed by atoms with Crippen LogP contribution < -0.4 is 0 Å². The zero-order valence-corrected chi connectivity index (χ0v) is 28.1. The molecule has 0 atom stereocenters. The number of carbonyl (C=O) groups is 1. The van der Waals surface area contributed by atoms with Gasteiger partial charge in [-0.25, -0.2) is 4.68 Å². The topological polar surface area (TPSA) is 47.8 Å². The molecule has 240 valence electrons. The molecule has 42 heavy (non-hydrogen) atoms. The first-order chi connectivity index (χ1) is 20.4. The molecule has 1 heterocycles. The quantitative estimate of drug-likeness (QED) is 0.347. The van der Waals surface area contributed by atoms with Crippen molar-refractivity contribution in [2.24, 2.45) is 29.1 Å². The van der Waals surface area contributed by atoms with Crippen LogP contribution in [0.15, 0.2) is 6.20 Å². The maximum Gasteiger partial charge on any atom is 0.159 e. The molecule has 6 rings (SSSR count). The molecule has 0 spiro atoms. The number of nitrogens with zero attached hydrogens (tertiary/aromatic N) is 3. The van der Waals surface area contributed by atoms with Gasteiger partial charge in [0.05, 0.1) is 5.69 Å². The van der Waals surface area contributed by atoms with E-state index in [1.807, 2.05) is 27.0 Å². The van der Waals surface area contributed by atoms with Crippen molar-refractivity contribution in [3.05, 3.63) is 11.9 Å². The Bertz CT molecular complexity index is 791. The maximum absolute atomic E-state index is 11.9. The summed E-state index contributed by atoms with van der Waals surface area (Å²) in [5.74, 6) is 5.30. The normalized spacial score (nSPS) is 24.3. The van der Waals surface area contributed by atoms with Crippen LogP contribution in [-0.4, -0.2) is 20.8 Å². The molecule has 5 aliphatic rings. The Morgan fingerprint density at radius 2 is 0.929 bits per heavy atom. The summed E-state index contributed by atoms with van der Waals surface area (Å²) in [4.78, 5) is 11.9. The molecule has 5 saturated carbocycles. The molecule has 0 aromatic carbocycles. The van der Waals surface area contributed by atoms with Gasteiger partial charge in [-0.3, -0.25) is 4.79 Å². The van der Waals surface area contributed by atoms with Crippen molar-refractivity contribution < 1.29 is 4.79 Å². The van der Waals surface area contributed by atoms with Crippen molar-refractivity contribution in [1.82, 2.24) is 15.0 Å². The number of rotatable bonds is 5. The summed E-state index contributed by atoms with van der Waals surface area (Å²) in [5.41, 5.74) is 0.758. The van der Waals surface area contributed by atoms with Gasteiger partial charge in [-0.2, -0.15) is 0 Å². The molecular formula is C38H67N3O. The van der Waals surface area contributed by atoms with Crippen LogP contribution in [0.1, 0.15) is 193 Å². The van der Waals surface area contributed by atoms with E-state index in [4.69, 9.17) is 0 Å². The van der Waals surface area contributed by atoms with Crippen molar-refractivity contribution >= 4 is 5.78 Å². The molecule has 0 N–H and O–H groups in total. The Balaban J connectivity index is 0.000000149. The highest BCUT2D eigenvalue weighted by atomic mass is 16.1. The Morgan fingerprint density at radius 1 is 0.595 bits per heavy atom. The van der Waals surface area contributed by atoms with Crippen LogP contribution in [0.3, 0.4) is 0 Å². The van der Waals surface area contributed by atoms with E-state index < -0.39 is 0 Å². The fraction of sp³-hybridized carbons (Fsp3) is 0.921. The number of aromatic nitrogens is 3. The Morgan fingerprint density at radius 3 is 1.26 bits per heavy atom. The van der Waals surface area contributed by atoms with Crippen molar-refractivity contribution in [1.29, 1.82) is 0 Å². The molecule has 1 aromatic heterocycles. The van der Waals surface area contributed by atoms with Gasteiger partial charge in [-0.1, -0.05) is 174 Å². The lowest BCUT2D eigenvalue weighted by molar-refractivity contribution is -0.127. The van der Waals surface area contributed by atoms with Crippen molar-refractivity contribution in [3.63, 3.8) is 0 Å². The third kappa shape index (κ3) is 11.4. The highest BCUT2D eigenvalue weighted by Crippen LogP contribution is 2.39. The van der Waals surface area contributed by atoms with E-state index in [-0.39, 0.29) is 11.2 Å². The lowest BCUT2D eigenvalue weighted by Crippen LogP contribution is -2.25. The monoisotopic (exact) mass is 582 g/mol. The van der Waals surface area contributed by atoms with Gasteiger partial charge in [-0.05, 0) is 36.5 Å². The molecule has 0 unspecified atom stereocenters. The lowest BCUT2D eigenvalue weighted by Gasteiger charge is -2.32. The third-order valence-electron chi connectivity index (χ3n) is 11.7. The van der Waals surface area contributed by atoms with E-state index >= 15 is 0 Å². The Kier molecular flexibility index (Phi) is 14.4. The SMILES string of the molecule is C1CCC(C2CCCCC2)CC1.C1CCC(C2CCCCC2)CC1.CC(C)(C)C(=O)Cn1cc(C2CCCCC2)nn1. The predicted molar refractivity (Wildman–Crippen MR) is 177 cm³/mol. The molecule has 0 aliphatic heterocycles. The molecular weight excluding hydrogens is 514 g/mol. The van der Waals surface area contributed by atoms with Crippen LogP contribution in [0.25, 0.3) is 0 Å². The van der Waals surface area contributed by atoms with Crippen LogP contribution in [0, 0.1) is 29.1 Å². The standard InChI is InChI=1S/C14H23N3O.2C12H22/c1-14(2,3)13(18)10-17-9-12(15-16-17)11-7-5-4-6-8-11;2*1-3-7-11(8-4-1)12-9-5-2-6-10-12/h9,11H,4-8,10H2,1-3H3;2*11-12H,1-10H2. The minimum absolute atomic E-state index is 0.197. The highest BCUT2D eigenvalue weighted by molar-refractivity contribution is 5.83. The van der Waals surface area contributed by atoms with Crippen molar-refractivity contribution in [2.45, 2.75) is 194 Å². The molecule has 5 fully saturated rings. The molecule has 0 amide bonds. The summed E-state index contributed by atoms with van der Waals surface area (Å²) in [5, 5.41) is 8.33. The first-order valence-corrected chi connectivity index (χ1v) is 18.8. The average Bonchev–Trinajstić information content (AvgIpc) is 3.52. The number of carbonyl (C=O) groups excluding carboxylic acids is 1. The second-order valence-corrected chi connectivity index (χ2v) is 15.9. The van der Waals surface area contributed by atoms with Crippen molar-refractivity contribution in [3.8, 4) is 0 Å². The van der Waals surface area contributed by atoms with Crippen molar-refractivity contribution in [2.75, 3.05) is 0 Å². The molecule has 5 aliphatic carbocycles. The van der Waals surface area contributed by atoms with Gasteiger partial charge in [0.1, 0.15) is 6.54 Å². The van der Waals surface area contributed by atoms with Gasteiger partial charge >= 0.3 is 0 Å². The van der Waals surface area contributed by atoms with E-state index in [1.54, 1.807) is 56.0 Å². The van der Waals surface area contributed by atoms with E-state index in [2.05, 4.69) is 10.3 Å². The predicted octanol–water partition coefficient (Wildman–Crippen LogP) is 11.2. The second-order valence-electron chi connectivity index (χ2n) is 15.9. The van der Waals surface area contributed by atoms with E-state index in [0.717, 1.165) is 29.4 Å². The van der Waals surface area contributed by atoms with Crippen LogP contribution in [0.4, 0.5) is 0 Å². The zero-order chi connectivity index (χ0) is 29.6. The average molecular weight is 582 g/mol. The van der Waals surface area contributed by atoms with E-state index in [0.29, 0.717) is 12.5 Å². The Hall–Kier alpha value is -1.19. The summed E-state index contributed by atoms with van der Waals surface area (Å²) in [6, 6.07) is 0. The van der Waals surface area contributed by atoms with Crippen LogP contribution in [0.5, 0.6) is 0 Å². The number of ketones is 1.